The van der Waals surface area contributed by atoms with E-state index in [-0.39, 0.29) is 36.4 Å². The van der Waals surface area contributed by atoms with Crippen LogP contribution < -0.4 is 4.74 Å². The van der Waals surface area contributed by atoms with Crippen molar-refractivity contribution in [3.05, 3.63) is 29.0 Å². The van der Waals surface area contributed by atoms with Crippen LogP contribution in [0.4, 0.5) is 4.39 Å². The number of nitrogens with zero attached hydrogens (tertiary/aromatic N) is 1. The molecule has 7 heteroatoms. The SMILES string of the molecule is COCC(O)CN(C)C(=O)COc1ccc(F)cc1Cl. The van der Waals surface area contributed by atoms with Gasteiger partial charge in [0.15, 0.2) is 6.61 Å². The second-order valence-electron chi connectivity index (χ2n) is 4.25. The molecule has 0 aliphatic rings. The zero-order chi connectivity index (χ0) is 15.1. The monoisotopic (exact) mass is 305 g/mol. The van der Waals surface area contributed by atoms with Crippen LogP contribution in [0, 0.1) is 5.82 Å². The highest BCUT2D eigenvalue weighted by Crippen LogP contribution is 2.24. The maximum absolute atomic E-state index is 12.8. The number of ether oxygens (including phenoxy) is 2. The Morgan fingerprint density at radius 1 is 1.55 bits per heavy atom. The molecule has 112 valence electrons. The topological polar surface area (TPSA) is 59.0 Å². The molecular formula is C13H17ClFNO4. The minimum atomic E-state index is -0.761. The average molecular weight is 306 g/mol. The van der Waals surface area contributed by atoms with E-state index >= 15 is 0 Å². The molecule has 1 N–H and O–H groups in total. The first kappa shape index (κ1) is 16.7. The first-order chi connectivity index (χ1) is 9.43. The van der Waals surface area contributed by atoms with Gasteiger partial charge in [0.05, 0.1) is 17.7 Å². The van der Waals surface area contributed by atoms with Crippen LogP contribution in [0.3, 0.4) is 0 Å². The van der Waals surface area contributed by atoms with Gasteiger partial charge in [-0.05, 0) is 18.2 Å². The smallest absolute Gasteiger partial charge is 0.260 e. The second-order valence-corrected chi connectivity index (χ2v) is 4.65. The Balaban J connectivity index is 2.46. The van der Waals surface area contributed by atoms with Gasteiger partial charge in [-0.3, -0.25) is 4.79 Å². The molecule has 0 saturated heterocycles. The molecule has 20 heavy (non-hydrogen) atoms. The molecule has 5 nitrogen and oxygen atoms in total. The van der Waals surface area contributed by atoms with Gasteiger partial charge in [-0.2, -0.15) is 0 Å². The van der Waals surface area contributed by atoms with Crippen LogP contribution >= 0.6 is 11.6 Å². The average Bonchev–Trinajstić information content (AvgIpc) is 2.37. The first-order valence-electron chi connectivity index (χ1n) is 5.93. The van der Waals surface area contributed by atoms with Crippen LogP contribution in [0.2, 0.25) is 5.02 Å². The van der Waals surface area contributed by atoms with Gasteiger partial charge in [-0.15, -0.1) is 0 Å². The minimum Gasteiger partial charge on any atom is -0.482 e. The van der Waals surface area contributed by atoms with Gasteiger partial charge >= 0.3 is 0 Å². The summed E-state index contributed by atoms with van der Waals surface area (Å²) in [7, 11) is 3.00. The van der Waals surface area contributed by atoms with Crippen molar-refractivity contribution >= 4 is 17.5 Å². The maximum atomic E-state index is 12.8. The number of carbonyl (C=O) groups excluding carboxylic acids is 1. The summed E-state index contributed by atoms with van der Waals surface area (Å²) >= 11 is 5.77. The Labute approximate surface area is 121 Å². The van der Waals surface area contributed by atoms with Gasteiger partial charge in [0.2, 0.25) is 0 Å². The zero-order valence-electron chi connectivity index (χ0n) is 11.3. The molecule has 0 bridgehead atoms. The van der Waals surface area contributed by atoms with Gasteiger partial charge in [0.25, 0.3) is 5.91 Å². The highest BCUT2D eigenvalue weighted by atomic mass is 35.5. The van der Waals surface area contributed by atoms with E-state index in [1.165, 1.54) is 31.2 Å². The van der Waals surface area contributed by atoms with E-state index in [0.29, 0.717) is 0 Å². The maximum Gasteiger partial charge on any atom is 0.260 e. The molecule has 0 aromatic heterocycles. The molecule has 0 heterocycles. The van der Waals surface area contributed by atoms with E-state index in [0.717, 1.165) is 6.07 Å². The summed E-state index contributed by atoms with van der Waals surface area (Å²) in [6, 6.07) is 3.65. The predicted octanol–water partition coefficient (Wildman–Crippen LogP) is 1.32. The van der Waals surface area contributed by atoms with Gasteiger partial charge < -0.3 is 19.5 Å². The lowest BCUT2D eigenvalue weighted by atomic mass is 10.3. The molecule has 0 radical (unpaired) electrons. The number of benzene rings is 1. The number of halogens is 2. The van der Waals surface area contributed by atoms with Crippen molar-refractivity contribution < 1.29 is 23.8 Å². The van der Waals surface area contributed by atoms with Crippen LogP contribution in [0.1, 0.15) is 0 Å². The molecule has 1 aromatic carbocycles. The van der Waals surface area contributed by atoms with Crippen molar-refractivity contribution in [3.63, 3.8) is 0 Å². The first-order valence-corrected chi connectivity index (χ1v) is 6.30. The zero-order valence-corrected chi connectivity index (χ0v) is 12.1. The normalized spacial score (nSPS) is 12.1. The van der Waals surface area contributed by atoms with E-state index in [4.69, 9.17) is 21.1 Å². The Hall–Kier alpha value is -1.37. The fourth-order valence-corrected chi connectivity index (χ4v) is 1.73. The molecule has 0 fully saturated rings. The molecule has 1 amide bonds. The van der Waals surface area contributed by atoms with E-state index in [1.807, 2.05) is 0 Å². The minimum absolute atomic E-state index is 0.0971. The number of carbonyl (C=O) groups is 1. The number of hydrogen-bond acceptors (Lipinski definition) is 4. The summed E-state index contributed by atoms with van der Waals surface area (Å²) in [4.78, 5) is 13.1. The van der Waals surface area contributed by atoms with Crippen LogP contribution in [-0.4, -0.2) is 55.9 Å². The van der Waals surface area contributed by atoms with Crippen molar-refractivity contribution in [2.24, 2.45) is 0 Å². The fraction of sp³-hybridized carbons (Fsp3) is 0.462. The Morgan fingerprint density at radius 2 is 2.25 bits per heavy atom. The van der Waals surface area contributed by atoms with Gasteiger partial charge in [-0.25, -0.2) is 4.39 Å². The van der Waals surface area contributed by atoms with E-state index in [9.17, 15) is 14.3 Å². The molecule has 0 spiro atoms. The molecule has 0 aliphatic heterocycles. The highest BCUT2D eigenvalue weighted by molar-refractivity contribution is 6.32. The largest absolute Gasteiger partial charge is 0.482 e. The molecule has 1 rings (SSSR count). The Kier molecular flexibility index (Phi) is 6.70. The summed E-state index contributed by atoms with van der Waals surface area (Å²) in [5.41, 5.74) is 0. The molecule has 1 aromatic rings. The van der Waals surface area contributed by atoms with Crippen molar-refractivity contribution in [1.82, 2.24) is 4.90 Å². The van der Waals surface area contributed by atoms with Gasteiger partial charge in [0, 0.05) is 20.7 Å². The van der Waals surface area contributed by atoms with Crippen molar-refractivity contribution in [2.75, 3.05) is 33.9 Å². The Bertz CT molecular complexity index is 458. The third-order valence-electron chi connectivity index (χ3n) is 2.51. The lowest BCUT2D eigenvalue weighted by molar-refractivity contribution is -0.133. The van der Waals surface area contributed by atoms with Crippen LogP contribution in [0.5, 0.6) is 5.75 Å². The second kappa shape index (κ2) is 8.04. The molecular weight excluding hydrogens is 289 g/mol. The van der Waals surface area contributed by atoms with Crippen molar-refractivity contribution in [1.29, 1.82) is 0 Å². The number of hydrogen-bond donors (Lipinski definition) is 1. The molecule has 0 saturated carbocycles. The number of likely N-dealkylation sites (N-methyl/N-ethyl adjacent to an activating group) is 1. The quantitative estimate of drug-likeness (QED) is 0.825. The number of methoxy groups -OCH3 is 1. The predicted molar refractivity (Wildman–Crippen MR) is 72.4 cm³/mol. The van der Waals surface area contributed by atoms with E-state index in [2.05, 4.69) is 0 Å². The van der Waals surface area contributed by atoms with Crippen molar-refractivity contribution in [2.45, 2.75) is 6.10 Å². The number of aliphatic hydroxyl groups excluding tert-OH is 1. The van der Waals surface area contributed by atoms with Crippen LogP contribution in [0.25, 0.3) is 0 Å². The van der Waals surface area contributed by atoms with Crippen LogP contribution in [0.15, 0.2) is 18.2 Å². The fourth-order valence-electron chi connectivity index (χ4n) is 1.50. The third kappa shape index (κ3) is 5.32. The van der Waals surface area contributed by atoms with E-state index in [1.54, 1.807) is 0 Å². The highest BCUT2D eigenvalue weighted by Gasteiger charge is 2.15. The number of aliphatic hydroxyl groups is 1. The molecule has 0 aliphatic carbocycles. The van der Waals surface area contributed by atoms with Crippen LogP contribution in [-0.2, 0) is 9.53 Å². The summed E-state index contributed by atoms with van der Waals surface area (Å²) in [6.07, 6.45) is -0.761. The van der Waals surface area contributed by atoms with Crippen molar-refractivity contribution in [3.8, 4) is 5.75 Å². The summed E-state index contributed by atoms with van der Waals surface area (Å²) < 4.78 is 22.8. The molecule has 1 unspecified atom stereocenters. The van der Waals surface area contributed by atoms with Gasteiger partial charge in [0.1, 0.15) is 11.6 Å². The summed E-state index contributed by atoms with van der Waals surface area (Å²) in [5.74, 6) is -0.582. The molecule has 1 atom stereocenters. The standard InChI is InChI=1S/C13H17ClFNO4/c1-16(6-10(17)7-19-2)13(18)8-20-12-4-3-9(15)5-11(12)14/h3-5,10,17H,6-8H2,1-2H3. The lowest BCUT2D eigenvalue weighted by Crippen LogP contribution is -2.38. The number of amides is 1. The Morgan fingerprint density at radius 3 is 2.85 bits per heavy atom. The third-order valence-corrected chi connectivity index (χ3v) is 2.81. The summed E-state index contributed by atoms with van der Waals surface area (Å²) in [6.45, 7) is 0.0248. The lowest BCUT2D eigenvalue weighted by Gasteiger charge is -2.20. The summed E-state index contributed by atoms with van der Waals surface area (Å²) in [5, 5.41) is 9.60. The number of rotatable bonds is 7. The van der Waals surface area contributed by atoms with Gasteiger partial charge in [-0.1, -0.05) is 11.6 Å². The van der Waals surface area contributed by atoms with E-state index < -0.39 is 11.9 Å².